The highest BCUT2D eigenvalue weighted by Crippen LogP contribution is 2.44. The third kappa shape index (κ3) is 1.85. The summed E-state index contributed by atoms with van der Waals surface area (Å²) in [7, 11) is 0. The molecule has 1 saturated carbocycles. The van der Waals surface area contributed by atoms with E-state index in [4.69, 9.17) is 5.73 Å². The summed E-state index contributed by atoms with van der Waals surface area (Å²) >= 11 is 0. The van der Waals surface area contributed by atoms with E-state index in [1.54, 1.807) is 0 Å². The molecule has 1 aliphatic rings. The van der Waals surface area contributed by atoms with Gasteiger partial charge in [-0.3, -0.25) is 9.89 Å². The van der Waals surface area contributed by atoms with Crippen LogP contribution in [-0.2, 0) is 4.79 Å². The number of aromatic nitrogens is 3. The van der Waals surface area contributed by atoms with E-state index < -0.39 is 0 Å². The molecule has 0 saturated heterocycles. The minimum absolute atomic E-state index is 0.0221. The molecular formula is C9H15N5O. The third-order valence-corrected chi connectivity index (χ3v) is 2.92. The minimum atomic E-state index is -0.311. The highest BCUT2D eigenvalue weighted by Gasteiger charge is 2.48. The van der Waals surface area contributed by atoms with Crippen LogP contribution < -0.4 is 11.1 Å². The Labute approximate surface area is 87.6 Å². The molecule has 0 spiro atoms. The Morgan fingerprint density at radius 1 is 1.80 bits per heavy atom. The summed E-state index contributed by atoms with van der Waals surface area (Å²) in [6.07, 6.45) is 3.20. The first-order chi connectivity index (χ1) is 7.18. The normalized spacial score (nSPS) is 19.6. The number of carbonyl (C=O) groups excluding carboxylic acids is 1. The van der Waals surface area contributed by atoms with Gasteiger partial charge in [0.05, 0.1) is 11.5 Å². The number of rotatable bonds is 4. The van der Waals surface area contributed by atoms with E-state index in [1.807, 2.05) is 6.92 Å². The Balaban J connectivity index is 1.95. The first-order valence-corrected chi connectivity index (χ1v) is 5.04. The van der Waals surface area contributed by atoms with Crippen LogP contribution in [0.4, 0.5) is 0 Å². The Bertz CT molecular complexity index is 343. The standard InChI is InChI=1S/C9H15N5O/c1-6(7-11-5-12-14-7)13-8(15)9(4-10)2-3-9/h5-6H,2-4,10H2,1H3,(H,13,15)(H,11,12,14). The van der Waals surface area contributed by atoms with Crippen molar-refractivity contribution in [3.63, 3.8) is 0 Å². The maximum absolute atomic E-state index is 11.8. The summed E-state index contributed by atoms with van der Waals surface area (Å²) in [5.74, 6) is 0.685. The number of hydrogen-bond acceptors (Lipinski definition) is 4. The molecule has 6 heteroatoms. The van der Waals surface area contributed by atoms with Crippen molar-refractivity contribution in [2.75, 3.05) is 6.54 Å². The number of carbonyl (C=O) groups is 1. The van der Waals surface area contributed by atoms with Crippen molar-refractivity contribution in [3.05, 3.63) is 12.2 Å². The second-order valence-electron chi connectivity index (χ2n) is 4.05. The monoisotopic (exact) mass is 209 g/mol. The van der Waals surface area contributed by atoms with Crippen molar-refractivity contribution in [2.45, 2.75) is 25.8 Å². The molecule has 0 aromatic carbocycles. The average Bonchev–Trinajstić information content (AvgIpc) is 2.84. The van der Waals surface area contributed by atoms with E-state index in [0.29, 0.717) is 12.4 Å². The summed E-state index contributed by atoms with van der Waals surface area (Å²) in [4.78, 5) is 15.8. The van der Waals surface area contributed by atoms with Crippen molar-refractivity contribution in [1.82, 2.24) is 20.5 Å². The van der Waals surface area contributed by atoms with Gasteiger partial charge in [0.1, 0.15) is 12.2 Å². The van der Waals surface area contributed by atoms with Crippen molar-refractivity contribution >= 4 is 5.91 Å². The zero-order valence-electron chi connectivity index (χ0n) is 8.66. The van der Waals surface area contributed by atoms with Crippen LogP contribution in [0.2, 0.25) is 0 Å². The van der Waals surface area contributed by atoms with Crippen molar-refractivity contribution in [2.24, 2.45) is 11.1 Å². The second-order valence-corrected chi connectivity index (χ2v) is 4.05. The fourth-order valence-electron chi connectivity index (χ4n) is 1.52. The lowest BCUT2D eigenvalue weighted by Gasteiger charge is -2.16. The minimum Gasteiger partial charge on any atom is -0.346 e. The molecule has 4 N–H and O–H groups in total. The maximum Gasteiger partial charge on any atom is 0.228 e. The highest BCUT2D eigenvalue weighted by atomic mass is 16.2. The second kappa shape index (κ2) is 3.62. The van der Waals surface area contributed by atoms with Crippen molar-refractivity contribution in [1.29, 1.82) is 0 Å². The van der Waals surface area contributed by atoms with E-state index in [2.05, 4.69) is 20.5 Å². The number of nitrogens with one attached hydrogen (secondary N) is 2. The molecule has 1 fully saturated rings. The van der Waals surface area contributed by atoms with Gasteiger partial charge in [-0.2, -0.15) is 5.10 Å². The van der Waals surface area contributed by atoms with Crippen molar-refractivity contribution < 1.29 is 4.79 Å². The van der Waals surface area contributed by atoms with Crippen LogP contribution in [0.3, 0.4) is 0 Å². The molecule has 15 heavy (non-hydrogen) atoms. The van der Waals surface area contributed by atoms with E-state index in [-0.39, 0.29) is 17.4 Å². The van der Waals surface area contributed by atoms with Gasteiger partial charge in [0.15, 0.2) is 0 Å². The highest BCUT2D eigenvalue weighted by molar-refractivity contribution is 5.85. The lowest BCUT2D eigenvalue weighted by atomic mass is 10.1. The van der Waals surface area contributed by atoms with Gasteiger partial charge in [0.2, 0.25) is 5.91 Å². The van der Waals surface area contributed by atoms with E-state index in [0.717, 1.165) is 12.8 Å². The SMILES string of the molecule is CC(NC(=O)C1(CN)CC1)c1ncn[nH]1. The van der Waals surface area contributed by atoms with Crippen LogP contribution in [0.25, 0.3) is 0 Å². The number of H-pyrrole nitrogens is 1. The summed E-state index contributed by atoms with van der Waals surface area (Å²) < 4.78 is 0. The molecule has 1 amide bonds. The first-order valence-electron chi connectivity index (χ1n) is 5.04. The molecule has 82 valence electrons. The molecule has 1 aromatic rings. The van der Waals surface area contributed by atoms with Crippen LogP contribution >= 0.6 is 0 Å². The molecule has 0 radical (unpaired) electrons. The summed E-state index contributed by atoms with van der Waals surface area (Å²) in [6, 6.07) is -0.149. The molecule has 1 unspecified atom stereocenters. The largest absolute Gasteiger partial charge is 0.346 e. The van der Waals surface area contributed by atoms with Gasteiger partial charge < -0.3 is 11.1 Å². The van der Waals surface area contributed by atoms with Crippen molar-refractivity contribution in [3.8, 4) is 0 Å². The Morgan fingerprint density at radius 2 is 2.53 bits per heavy atom. The van der Waals surface area contributed by atoms with Gasteiger partial charge in [-0.05, 0) is 19.8 Å². The molecule has 1 aromatic heterocycles. The van der Waals surface area contributed by atoms with Crippen LogP contribution in [0.5, 0.6) is 0 Å². The molecular weight excluding hydrogens is 194 g/mol. The van der Waals surface area contributed by atoms with Gasteiger partial charge in [0, 0.05) is 6.54 Å². The van der Waals surface area contributed by atoms with Gasteiger partial charge >= 0.3 is 0 Å². The Kier molecular flexibility index (Phi) is 2.44. The lowest BCUT2D eigenvalue weighted by molar-refractivity contribution is -0.126. The molecule has 0 bridgehead atoms. The fraction of sp³-hybridized carbons (Fsp3) is 0.667. The quantitative estimate of drug-likeness (QED) is 0.635. The van der Waals surface area contributed by atoms with Gasteiger partial charge in [-0.1, -0.05) is 0 Å². The van der Waals surface area contributed by atoms with Crippen LogP contribution in [0, 0.1) is 5.41 Å². The summed E-state index contributed by atoms with van der Waals surface area (Å²) in [5.41, 5.74) is 5.26. The smallest absolute Gasteiger partial charge is 0.228 e. The molecule has 6 nitrogen and oxygen atoms in total. The molecule has 2 rings (SSSR count). The van der Waals surface area contributed by atoms with Crippen LogP contribution in [0.1, 0.15) is 31.6 Å². The van der Waals surface area contributed by atoms with Crippen LogP contribution in [-0.4, -0.2) is 27.6 Å². The lowest BCUT2D eigenvalue weighted by Crippen LogP contribution is -2.38. The fourth-order valence-corrected chi connectivity index (χ4v) is 1.52. The number of aromatic amines is 1. The van der Waals surface area contributed by atoms with Gasteiger partial charge in [-0.15, -0.1) is 0 Å². The van der Waals surface area contributed by atoms with Gasteiger partial charge in [-0.25, -0.2) is 4.98 Å². The summed E-state index contributed by atoms with van der Waals surface area (Å²) in [5, 5.41) is 9.34. The third-order valence-electron chi connectivity index (χ3n) is 2.92. The molecule has 1 heterocycles. The maximum atomic E-state index is 11.8. The zero-order valence-corrected chi connectivity index (χ0v) is 8.66. The number of amides is 1. The van der Waals surface area contributed by atoms with Crippen LogP contribution in [0.15, 0.2) is 6.33 Å². The molecule has 0 aliphatic heterocycles. The molecule has 1 atom stereocenters. The Hall–Kier alpha value is -1.43. The van der Waals surface area contributed by atoms with E-state index in [9.17, 15) is 4.79 Å². The zero-order chi connectivity index (χ0) is 10.9. The summed E-state index contributed by atoms with van der Waals surface area (Å²) in [6.45, 7) is 2.28. The number of hydrogen-bond donors (Lipinski definition) is 3. The predicted octanol–water partition coefficient (Wildman–Crippen LogP) is -0.279. The van der Waals surface area contributed by atoms with E-state index in [1.165, 1.54) is 6.33 Å². The topological polar surface area (TPSA) is 96.7 Å². The number of nitrogens with two attached hydrogens (primary N) is 1. The number of nitrogens with zero attached hydrogens (tertiary/aromatic N) is 2. The molecule has 1 aliphatic carbocycles. The van der Waals surface area contributed by atoms with Gasteiger partial charge in [0.25, 0.3) is 0 Å². The Morgan fingerprint density at radius 3 is 3.00 bits per heavy atom. The predicted molar refractivity (Wildman–Crippen MR) is 53.7 cm³/mol. The first kappa shape index (κ1) is 10.1. The van der Waals surface area contributed by atoms with E-state index >= 15 is 0 Å². The average molecular weight is 209 g/mol.